The molecule has 1 aromatic rings. The van der Waals surface area contributed by atoms with Crippen LogP contribution in [0.2, 0.25) is 0 Å². The quantitative estimate of drug-likeness (QED) is 0.882. The minimum atomic E-state index is -0.331. The van der Waals surface area contributed by atoms with Crippen molar-refractivity contribution < 1.29 is 9.53 Å². The molecular formula is C16H25ClN2O2S. The molecule has 2 N–H and O–H groups in total. The number of nitrogens with one attached hydrogen (secondary N) is 2. The zero-order chi connectivity index (χ0) is 14.5. The summed E-state index contributed by atoms with van der Waals surface area (Å²) >= 11 is 1.82. The summed E-state index contributed by atoms with van der Waals surface area (Å²) in [5.41, 5.74) is 0.143. The van der Waals surface area contributed by atoms with Gasteiger partial charge in [0.2, 0.25) is 5.91 Å². The molecule has 1 saturated carbocycles. The molecule has 6 heteroatoms. The largest absolute Gasteiger partial charge is 0.366 e. The third kappa shape index (κ3) is 4.02. The number of carbonyl (C=O) groups excluding carboxylic acids is 1. The molecule has 1 aliphatic carbocycles. The topological polar surface area (TPSA) is 50.4 Å². The first-order chi connectivity index (χ1) is 10.3. The monoisotopic (exact) mass is 344 g/mol. The molecule has 3 rings (SSSR count). The first-order valence-electron chi connectivity index (χ1n) is 7.94. The zero-order valence-corrected chi connectivity index (χ0v) is 14.4. The SMILES string of the molecule is Cl.O=C(NCC1(c2cccs2)CCCCC1)C1CNCCO1. The molecular weight excluding hydrogens is 320 g/mol. The third-order valence-corrected chi connectivity index (χ3v) is 5.79. The number of morpholine rings is 1. The highest BCUT2D eigenvalue weighted by molar-refractivity contribution is 7.10. The Morgan fingerprint density at radius 1 is 1.41 bits per heavy atom. The lowest BCUT2D eigenvalue weighted by Gasteiger charge is -2.37. The Morgan fingerprint density at radius 2 is 2.23 bits per heavy atom. The van der Waals surface area contributed by atoms with Crippen molar-refractivity contribution in [3.8, 4) is 0 Å². The number of ether oxygens (including phenoxy) is 1. The van der Waals surface area contributed by atoms with Crippen molar-refractivity contribution in [1.29, 1.82) is 0 Å². The van der Waals surface area contributed by atoms with E-state index in [4.69, 9.17) is 4.74 Å². The molecule has 2 fully saturated rings. The Labute approximate surface area is 142 Å². The summed E-state index contributed by atoms with van der Waals surface area (Å²) in [6, 6.07) is 4.34. The summed E-state index contributed by atoms with van der Waals surface area (Å²) in [6.07, 6.45) is 5.86. The molecule has 1 atom stereocenters. The highest BCUT2D eigenvalue weighted by Crippen LogP contribution is 2.41. The van der Waals surface area contributed by atoms with Crippen LogP contribution in [0.1, 0.15) is 37.0 Å². The molecule has 0 radical (unpaired) electrons. The molecule has 0 bridgehead atoms. The molecule has 124 valence electrons. The summed E-state index contributed by atoms with van der Waals surface area (Å²) in [7, 11) is 0. The summed E-state index contributed by atoms with van der Waals surface area (Å²) in [6.45, 7) is 2.82. The van der Waals surface area contributed by atoms with Gasteiger partial charge in [0.25, 0.3) is 0 Å². The Hall–Kier alpha value is -0.620. The number of thiophene rings is 1. The van der Waals surface area contributed by atoms with Crippen LogP contribution in [0.15, 0.2) is 17.5 Å². The zero-order valence-electron chi connectivity index (χ0n) is 12.8. The van der Waals surface area contributed by atoms with E-state index < -0.39 is 0 Å². The second-order valence-electron chi connectivity index (χ2n) is 6.10. The summed E-state index contributed by atoms with van der Waals surface area (Å²) < 4.78 is 5.53. The molecule has 2 heterocycles. The maximum atomic E-state index is 12.3. The van der Waals surface area contributed by atoms with Crippen LogP contribution >= 0.6 is 23.7 Å². The maximum absolute atomic E-state index is 12.3. The molecule has 1 aliphatic heterocycles. The lowest BCUT2D eigenvalue weighted by Crippen LogP contribution is -2.51. The van der Waals surface area contributed by atoms with Gasteiger partial charge in [-0.15, -0.1) is 23.7 Å². The number of hydrogen-bond donors (Lipinski definition) is 2. The predicted molar refractivity (Wildman–Crippen MR) is 91.9 cm³/mol. The van der Waals surface area contributed by atoms with Crippen molar-refractivity contribution in [2.24, 2.45) is 0 Å². The molecule has 2 aliphatic rings. The van der Waals surface area contributed by atoms with E-state index in [0.717, 1.165) is 13.1 Å². The Balaban J connectivity index is 0.00000176. The van der Waals surface area contributed by atoms with Gasteiger partial charge in [0.15, 0.2) is 0 Å². The second kappa shape index (κ2) is 8.29. The molecule has 1 saturated heterocycles. The second-order valence-corrected chi connectivity index (χ2v) is 7.05. The minimum absolute atomic E-state index is 0. The fourth-order valence-electron chi connectivity index (χ4n) is 3.42. The summed E-state index contributed by atoms with van der Waals surface area (Å²) in [5.74, 6) is 0.0312. The van der Waals surface area contributed by atoms with Gasteiger partial charge in [-0.05, 0) is 24.3 Å². The molecule has 4 nitrogen and oxygen atoms in total. The van der Waals surface area contributed by atoms with Gasteiger partial charge in [0.1, 0.15) is 6.10 Å². The van der Waals surface area contributed by atoms with Crippen LogP contribution in [0.4, 0.5) is 0 Å². The van der Waals surface area contributed by atoms with Crippen LogP contribution < -0.4 is 10.6 Å². The molecule has 0 spiro atoms. The van der Waals surface area contributed by atoms with Crippen molar-refractivity contribution in [3.63, 3.8) is 0 Å². The van der Waals surface area contributed by atoms with Crippen LogP contribution in [-0.4, -0.2) is 38.3 Å². The fourth-order valence-corrected chi connectivity index (χ4v) is 4.41. The van der Waals surface area contributed by atoms with Gasteiger partial charge in [-0.1, -0.05) is 25.3 Å². The number of amides is 1. The maximum Gasteiger partial charge on any atom is 0.250 e. The average Bonchev–Trinajstić information content (AvgIpc) is 3.09. The van der Waals surface area contributed by atoms with E-state index in [1.54, 1.807) is 0 Å². The Bertz CT molecular complexity index is 455. The number of hydrogen-bond acceptors (Lipinski definition) is 4. The predicted octanol–water partition coefficient (Wildman–Crippen LogP) is 2.48. The molecule has 1 aromatic heterocycles. The first kappa shape index (κ1) is 17.7. The van der Waals surface area contributed by atoms with E-state index in [1.165, 1.54) is 37.0 Å². The normalized spacial score (nSPS) is 24.3. The number of halogens is 1. The van der Waals surface area contributed by atoms with Gasteiger partial charge < -0.3 is 15.4 Å². The van der Waals surface area contributed by atoms with Crippen molar-refractivity contribution in [3.05, 3.63) is 22.4 Å². The van der Waals surface area contributed by atoms with E-state index in [1.807, 2.05) is 11.3 Å². The molecule has 22 heavy (non-hydrogen) atoms. The Morgan fingerprint density at radius 3 is 2.86 bits per heavy atom. The van der Waals surface area contributed by atoms with Crippen LogP contribution in [0.5, 0.6) is 0 Å². The van der Waals surface area contributed by atoms with E-state index in [2.05, 4.69) is 28.1 Å². The van der Waals surface area contributed by atoms with Gasteiger partial charge in [-0.3, -0.25) is 4.79 Å². The van der Waals surface area contributed by atoms with E-state index in [9.17, 15) is 4.79 Å². The average molecular weight is 345 g/mol. The fraction of sp³-hybridized carbons (Fsp3) is 0.688. The van der Waals surface area contributed by atoms with Crippen LogP contribution in [0, 0.1) is 0 Å². The summed E-state index contributed by atoms with van der Waals surface area (Å²) in [4.78, 5) is 13.7. The highest BCUT2D eigenvalue weighted by atomic mass is 35.5. The van der Waals surface area contributed by atoms with Crippen molar-refractivity contribution in [2.75, 3.05) is 26.2 Å². The Kier molecular flexibility index (Phi) is 6.68. The summed E-state index contributed by atoms with van der Waals surface area (Å²) in [5, 5.41) is 8.50. The minimum Gasteiger partial charge on any atom is -0.366 e. The van der Waals surface area contributed by atoms with Gasteiger partial charge in [0, 0.05) is 29.9 Å². The molecule has 1 amide bonds. The lowest BCUT2D eigenvalue weighted by atomic mass is 9.73. The van der Waals surface area contributed by atoms with E-state index in [-0.39, 0.29) is 29.8 Å². The van der Waals surface area contributed by atoms with Crippen molar-refractivity contribution in [2.45, 2.75) is 43.6 Å². The van der Waals surface area contributed by atoms with Crippen LogP contribution in [0.3, 0.4) is 0 Å². The highest BCUT2D eigenvalue weighted by Gasteiger charge is 2.36. The van der Waals surface area contributed by atoms with Gasteiger partial charge in [-0.2, -0.15) is 0 Å². The molecule has 1 unspecified atom stereocenters. The lowest BCUT2D eigenvalue weighted by molar-refractivity contribution is -0.134. The van der Waals surface area contributed by atoms with Crippen LogP contribution in [-0.2, 0) is 14.9 Å². The van der Waals surface area contributed by atoms with Crippen molar-refractivity contribution in [1.82, 2.24) is 10.6 Å². The van der Waals surface area contributed by atoms with Gasteiger partial charge in [-0.25, -0.2) is 0 Å². The standard InChI is InChI=1S/C16H24N2O2S.ClH/c19-15(13-11-17-8-9-20-13)18-12-16(6-2-1-3-7-16)14-5-4-10-21-14;/h4-5,10,13,17H,1-3,6-9,11-12H2,(H,18,19);1H. The number of carbonyl (C=O) groups is 1. The number of rotatable bonds is 4. The van der Waals surface area contributed by atoms with E-state index >= 15 is 0 Å². The van der Waals surface area contributed by atoms with Gasteiger partial charge in [0.05, 0.1) is 6.61 Å². The van der Waals surface area contributed by atoms with Crippen LogP contribution in [0.25, 0.3) is 0 Å². The van der Waals surface area contributed by atoms with Gasteiger partial charge >= 0.3 is 0 Å². The molecule has 0 aromatic carbocycles. The van der Waals surface area contributed by atoms with Crippen molar-refractivity contribution >= 4 is 29.7 Å². The van der Waals surface area contributed by atoms with E-state index in [0.29, 0.717) is 13.2 Å². The first-order valence-corrected chi connectivity index (χ1v) is 8.82. The smallest absolute Gasteiger partial charge is 0.250 e. The third-order valence-electron chi connectivity index (χ3n) is 4.68.